The van der Waals surface area contributed by atoms with Gasteiger partial charge in [0, 0.05) is 11.4 Å². The lowest BCUT2D eigenvalue weighted by atomic mass is 9.89. The van der Waals surface area contributed by atoms with Crippen molar-refractivity contribution < 1.29 is 0 Å². The molecule has 1 fully saturated rings. The average molecular weight is 445 g/mol. The van der Waals surface area contributed by atoms with E-state index in [-0.39, 0.29) is 5.56 Å². The second-order valence-corrected chi connectivity index (χ2v) is 11.2. The fourth-order valence-corrected chi connectivity index (χ4v) is 6.50. The van der Waals surface area contributed by atoms with Gasteiger partial charge in [0.1, 0.15) is 4.83 Å². The van der Waals surface area contributed by atoms with Crippen molar-refractivity contribution in [2.45, 2.75) is 82.8 Å². The predicted octanol–water partition coefficient (Wildman–Crippen LogP) is 4.24. The standard InChI is InChI=1S/C21H28N6OS2/c1-12(2)8-9-26-20(28)18-15-7-4-13(3)10-16(15)30-19(18)22-21(26)29-11-17-23-24-25-27(17)14-5-6-14/h12-14H,4-11H2,1-3H3/t13-/m0/s1. The molecule has 0 N–H and O–H groups in total. The van der Waals surface area contributed by atoms with Gasteiger partial charge in [0.05, 0.1) is 17.2 Å². The highest BCUT2D eigenvalue weighted by Gasteiger charge is 2.28. The molecule has 2 aliphatic carbocycles. The number of rotatable bonds is 7. The molecule has 160 valence electrons. The van der Waals surface area contributed by atoms with Crippen LogP contribution in [0.15, 0.2) is 9.95 Å². The van der Waals surface area contributed by atoms with Gasteiger partial charge in [-0.25, -0.2) is 9.67 Å². The number of thiophene rings is 1. The molecule has 0 bridgehead atoms. The number of aromatic nitrogens is 6. The van der Waals surface area contributed by atoms with E-state index in [4.69, 9.17) is 4.98 Å². The maximum absolute atomic E-state index is 13.6. The third-order valence-corrected chi connectivity index (χ3v) is 8.21. The molecule has 2 aliphatic rings. The van der Waals surface area contributed by atoms with Gasteiger partial charge in [-0.1, -0.05) is 32.5 Å². The van der Waals surface area contributed by atoms with E-state index in [2.05, 4.69) is 36.3 Å². The molecule has 0 unspecified atom stereocenters. The fourth-order valence-electron chi connectivity index (χ4n) is 4.14. The Bertz CT molecular complexity index is 1130. The molecule has 0 radical (unpaired) electrons. The Morgan fingerprint density at radius 3 is 2.87 bits per heavy atom. The van der Waals surface area contributed by atoms with E-state index in [1.165, 1.54) is 10.4 Å². The highest BCUT2D eigenvalue weighted by atomic mass is 32.2. The first-order valence-electron chi connectivity index (χ1n) is 11.0. The van der Waals surface area contributed by atoms with E-state index in [1.807, 2.05) is 9.25 Å². The van der Waals surface area contributed by atoms with Gasteiger partial charge in [-0.3, -0.25) is 9.36 Å². The molecule has 0 aliphatic heterocycles. The van der Waals surface area contributed by atoms with Crippen molar-refractivity contribution in [3.05, 3.63) is 26.6 Å². The number of thioether (sulfide) groups is 1. The number of hydrogen-bond donors (Lipinski definition) is 0. The Morgan fingerprint density at radius 2 is 2.10 bits per heavy atom. The number of hydrogen-bond acceptors (Lipinski definition) is 7. The van der Waals surface area contributed by atoms with Crippen LogP contribution >= 0.6 is 23.1 Å². The van der Waals surface area contributed by atoms with Crippen molar-refractivity contribution in [1.29, 1.82) is 0 Å². The molecule has 1 saturated carbocycles. The Balaban J connectivity index is 1.52. The summed E-state index contributed by atoms with van der Waals surface area (Å²) in [6.45, 7) is 7.40. The number of tetrazole rings is 1. The van der Waals surface area contributed by atoms with Crippen molar-refractivity contribution in [1.82, 2.24) is 29.8 Å². The van der Waals surface area contributed by atoms with E-state index in [9.17, 15) is 4.79 Å². The largest absolute Gasteiger partial charge is 0.287 e. The first-order valence-corrected chi connectivity index (χ1v) is 12.8. The van der Waals surface area contributed by atoms with Gasteiger partial charge in [-0.05, 0) is 66.4 Å². The van der Waals surface area contributed by atoms with Gasteiger partial charge in [0.15, 0.2) is 11.0 Å². The third-order valence-electron chi connectivity index (χ3n) is 6.09. The van der Waals surface area contributed by atoms with E-state index in [0.717, 1.165) is 59.7 Å². The minimum Gasteiger partial charge on any atom is -0.287 e. The van der Waals surface area contributed by atoms with Crippen LogP contribution in [0.2, 0.25) is 0 Å². The van der Waals surface area contributed by atoms with Crippen LogP contribution in [-0.4, -0.2) is 29.8 Å². The summed E-state index contributed by atoms with van der Waals surface area (Å²) < 4.78 is 3.84. The van der Waals surface area contributed by atoms with Crippen LogP contribution in [0.3, 0.4) is 0 Å². The maximum atomic E-state index is 13.6. The Labute approximate surface area is 184 Å². The first kappa shape index (κ1) is 20.2. The lowest BCUT2D eigenvalue weighted by Crippen LogP contribution is -2.25. The SMILES string of the molecule is CC(C)CCn1c(SCc2nnnn2C2CC2)nc2sc3c(c2c1=O)CC[C@H](C)C3. The second kappa shape index (κ2) is 8.07. The summed E-state index contributed by atoms with van der Waals surface area (Å²) in [5, 5.41) is 13.9. The minimum absolute atomic E-state index is 0.136. The first-order chi connectivity index (χ1) is 14.5. The fraction of sp³-hybridized carbons (Fsp3) is 0.667. The van der Waals surface area contributed by atoms with E-state index in [1.54, 1.807) is 23.1 Å². The van der Waals surface area contributed by atoms with Gasteiger partial charge < -0.3 is 0 Å². The summed E-state index contributed by atoms with van der Waals surface area (Å²) in [5.74, 6) is 2.71. The lowest BCUT2D eigenvalue weighted by molar-refractivity contribution is 0.480. The van der Waals surface area contributed by atoms with E-state index >= 15 is 0 Å². The van der Waals surface area contributed by atoms with Crippen molar-refractivity contribution in [2.24, 2.45) is 11.8 Å². The molecule has 9 heteroatoms. The van der Waals surface area contributed by atoms with Crippen LogP contribution in [0, 0.1) is 11.8 Å². The zero-order valence-electron chi connectivity index (χ0n) is 17.8. The smallest absolute Gasteiger partial charge is 0.263 e. The zero-order chi connectivity index (χ0) is 20.8. The van der Waals surface area contributed by atoms with Gasteiger partial charge >= 0.3 is 0 Å². The number of nitrogens with zero attached hydrogens (tertiary/aromatic N) is 6. The molecular formula is C21H28N6OS2. The van der Waals surface area contributed by atoms with Crippen molar-refractivity contribution in [2.75, 3.05) is 0 Å². The highest BCUT2D eigenvalue weighted by Crippen LogP contribution is 2.38. The average Bonchev–Trinajstić information content (AvgIpc) is 3.32. The molecule has 7 nitrogen and oxygen atoms in total. The van der Waals surface area contributed by atoms with Gasteiger partial charge in [0.2, 0.25) is 0 Å². The second-order valence-electron chi connectivity index (χ2n) is 9.13. The number of fused-ring (bicyclic) bond motifs is 3. The molecule has 0 amide bonds. The molecule has 3 aromatic rings. The van der Waals surface area contributed by atoms with Crippen molar-refractivity contribution in [3.8, 4) is 0 Å². The minimum atomic E-state index is 0.136. The summed E-state index contributed by atoms with van der Waals surface area (Å²) in [4.78, 5) is 20.9. The molecular weight excluding hydrogens is 416 g/mol. The summed E-state index contributed by atoms with van der Waals surface area (Å²) in [7, 11) is 0. The molecule has 3 aromatic heterocycles. The highest BCUT2D eigenvalue weighted by molar-refractivity contribution is 7.98. The summed E-state index contributed by atoms with van der Waals surface area (Å²) >= 11 is 3.31. The van der Waals surface area contributed by atoms with E-state index in [0.29, 0.717) is 30.2 Å². The summed E-state index contributed by atoms with van der Waals surface area (Å²) in [5.41, 5.74) is 1.40. The van der Waals surface area contributed by atoms with Crippen molar-refractivity contribution in [3.63, 3.8) is 0 Å². The molecule has 0 saturated heterocycles. The van der Waals surface area contributed by atoms with Crippen LogP contribution in [0.4, 0.5) is 0 Å². The van der Waals surface area contributed by atoms with Crippen LogP contribution in [-0.2, 0) is 25.1 Å². The summed E-state index contributed by atoms with van der Waals surface area (Å²) in [6, 6.07) is 0.445. The van der Waals surface area contributed by atoms with Gasteiger partial charge in [-0.2, -0.15) is 0 Å². The Morgan fingerprint density at radius 1 is 1.27 bits per heavy atom. The van der Waals surface area contributed by atoms with Gasteiger partial charge in [-0.15, -0.1) is 16.4 Å². The van der Waals surface area contributed by atoms with Crippen LogP contribution in [0.1, 0.15) is 68.8 Å². The summed E-state index contributed by atoms with van der Waals surface area (Å²) in [6.07, 6.45) is 6.48. The molecule has 0 aromatic carbocycles. The third kappa shape index (κ3) is 3.82. The molecule has 1 atom stereocenters. The Hall–Kier alpha value is -1.74. The van der Waals surface area contributed by atoms with Crippen molar-refractivity contribution >= 4 is 33.3 Å². The van der Waals surface area contributed by atoms with Gasteiger partial charge in [0.25, 0.3) is 5.56 Å². The predicted molar refractivity (Wildman–Crippen MR) is 120 cm³/mol. The molecule has 0 spiro atoms. The molecule has 5 rings (SSSR count). The van der Waals surface area contributed by atoms with Crippen LogP contribution in [0.25, 0.3) is 10.2 Å². The lowest BCUT2D eigenvalue weighted by Gasteiger charge is -2.18. The number of aryl methyl sites for hydroxylation is 1. The Kier molecular flexibility index (Phi) is 5.43. The molecule has 3 heterocycles. The maximum Gasteiger partial charge on any atom is 0.263 e. The molecule has 30 heavy (non-hydrogen) atoms. The quantitative estimate of drug-likeness (QED) is 0.401. The van der Waals surface area contributed by atoms with E-state index < -0.39 is 0 Å². The topological polar surface area (TPSA) is 78.5 Å². The zero-order valence-corrected chi connectivity index (χ0v) is 19.4. The van der Waals surface area contributed by atoms with Crippen LogP contribution < -0.4 is 5.56 Å². The van der Waals surface area contributed by atoms with Crippen LogP contribution in [0.5, 0.6) is 0 Å². The monoisotopic (exact) mass is 444 g/mol. The normalized spacial score (nSPS) is 19.0.